The molecular weight excluding hydrogens is 484 g/mol. The van der Waals surface area contributed by atoms with Gasteiger partial charge in [0.2, 0.25) is 0 Å². The van der Waals surface area contributed by atoms with Crippen LogP contribution in [-0.2, 0) is 4.43 Å². The highest BCUT2D eigenvalue weighted by molar-refractivity contribution is 9.10. The van der Waals surface area contributed by atoms with Gasteiger partial charge < -0.3 is 9.16 Å². The summed E-state index contributed by atoms with van der Waals surface area (Å²) in [6, 6.07) is 14.3. The lowest BCUT2D eigenvalue weighted by atomic mass is 9.93. The van der Waals surface area contributed by atoms with Crippen molar-refractivity contribution >= 4 is 46.3 Å². The van der Waals surface area contributed by atoms with Crippen LogP contribution in [0.5, 0.6) is 5.75 Å². The number of fused-ring (bicyclic) bond motifs is 1. The molecule has 0 radical (unpaired) electrons. The second-order valence-corrected chi connectivity index (χ2v) is 15.0. The number of ether oxygens (including phenoxy) is 1. The first kappa shape index (κ1) is 20.8. The van der Waals surface area contributed by atoms with Crippen LogP contribution in [-0.4, -0.2) is 14.4 Å². The second-order valence-electron chi connectivity index (χ2n) is 8.44. The molecule has 0 amide bonds. The standard InChI is InChI=1S/C22H26Br2O2Si/c1-22(2,3)27(4,5)26-21-17-12-11-16(23)14-15(17)10-13-20(21)25-19-9-7-6-8-18(19)24/h6-14,20-21H,1-5H3/t20-,21-/m1/s1. The lowest BCUT2D eigenvalue weighted by Crippen LogP contribution is -2.45. The predicted molar refractivity (Wildman–Crippen MR) is 123 cm³/mol. The van der Waals surface area contributed by atoms with Gasteiger partial charge in [0.25, 0.3) is 0 Å². The highest BCUT2D eigenvalue weighted by atomic mass is 79.9. The van der Waals surface area contributed by atoms with Crippen LogP contribution in [0, 0.1) is 0 Å². The van der Waals surface area contributed by atoms with Gasteiger partial charge in [0.1, 0.15) is 18.0 Å². The molecule has 2 atom stereocenters. The molecular formula is C22H26Br2O2Si. The summed E-state index contributed by atoms with van der Waals surface area (Å²) >= 11 is 7.17. The fraction of sp³-hybridized carbons (Fsp3) is 0.364. The summed E-state index contributed by atoms with van der Waals surface area (Å²) in [5.41, 5.74) is 2.36. The molecule has 2 aromatic rings. The Morgan fingerprint density at radius 3 is 2.37 bits per heavy atom. The van der Waals surface area contributed by atoms with Crippen LogP contribution in [0.3, 0.4) is 0 Å². The van der Waals surface area contributed by atoms with E-state index >= 15 is 0 Å². The maximum atomic E-state index is 6.87. The van der Waals surface area contributed by atoms with Crippen molar-refractivity contribution < 1.29 is 9.16 Å². The van der Waals surface area contributed by atoms with Crippen LogP contribution in [0.4, 0.5) is 0 Å². The molecule has 2 nitrogen and oxygen atoms in total. The topological polar surface area (TPSA) is 18.5 Å². The molecule has 0 bridgehead atoms. The van der Waals surface area contributed by atoms with Crippen molar-refractivity contribution in [2.24, 2.45) is 0 Å². The molecule has 0 saturated heterocycles. The van der Waals surface area contributed by atoms with Gasteiger partial charge in [-0.3, -0.25) is 0 Å². The van der Waals surface area contributed by atoms with E-state index in [1.165, 1.54) is 11.1 Å². The molecule has 1 aliphatic carbocycles. The lowest BCUT2D eigenvalue weighted by molar-refractivity contribution is 0.0699. The maximum absolute atomic E-state index is 6.87. The molecule has 0 heterocycles. The van der Waals surface area contributed by atoms with E-state index in [4.69, 9.17) is 9.16 Å². The molecule has 0 unspecified atom stereocenters. The minimum Gasteiger partial charge on any atom is -0.482 e. The van der Waals surface area contributed by atoms with Crippen LogP contribution in [0.15, 0.2) is 57.5 Å². The Labute approximate surface area is 180 Å². The highest BCUT2D eigenvalue weighted by Gasteiger charge is 2.42. The van der Waals surface area contributed by atoms with Gasteiger partial charge in [-0.05, 0) is 75.5 Å². The summed E-state index contributed by atoms with van der Waals surface area (Å²) in [6.45, 7) is 11.4. The Kier molecular flexibility index (Phi) is 6.07. The molecule has 2 aromatic carbocycles. The van der Waals surface area contributed by atoms with Crippen molar-refractivity contribution in [3.8, 4) is 5.75 Å². The van der Waals surface area contributed by atoms with Gasteiger partial charge in [-0.2, -0.15) is 0 Å². The Morgan fingerprint density at radius 1 is 1.00 bits per heavy atom. The van der Waals surface area contributed by atoms with Gasteiger partial charge in [0.15, 0.2) is 8.32 Å². The summed E-state index contributed by atoms with van der Waals surface area (Å²) in [6.07, 6.45) is 3.94. The molecule has 1 aliphatic rings. The van der Waals surface area contributed by atoms with E-state index in [0.717, 1.165) is 14.7 Å². The average molecular weight is 510 g/mol. The zero-order chi connectivity index (χ0) is 19.8. The number of hydrogen-bond acceptors (Lipinski definition) is 2. The fourth-order valence-corrected chi connectivity index (χ4v) is 4.84. The number of para-hydroxylation sites is 1. The third-order valence-corrected chi connectivity index (χ3v) is 11.1. The monoisotopic (exact) mass is 508 g/mol. The van der Waals surface area contributed by atoms with Crippen LogP contribution in [0.25, 0.3) is 6.08 Å². The summed E-state index contributed by atoms with van der Waals surface area (Å²) < 4.78 is 15.3. The Morgan fingerprint density at radius 2 is 1.70 bits per heavy atom. The number of halogens is 2. The smallest absolute Gasteiger partial charge is 0.193 e. The molecule has 27 heavy (non-hydrogen) atoms. The van der Waals surface area contributed by atoms with Crippen molar-refractivity contribution in [1.29, 1.82) is 0 Å². The van der Waals surface area contributed by atoms with Crippen molar-refractivity contribution in [2.75, 3.05) is 0 Å². The Hall–Kier alpha value is -0.883. The van der Waals surface area contributed by atoms with Gasteiger partial charge >= 0.3 is 0 Å². The molecule has 144 valence electrons. The minimum atomic E-state index is -1.98. The SMILES string of the molecule is CC(C)(C)[Si](C)(C)O[C@@H]1c2ccc(Br)cc2C=C[C@H]1Oc1ccccc1Br. The average Bonchev–Trinajstić information content (AvgIpc) is 2.57. The van der Waals surface area contributed by atoms with Gasteiger partial charge in [0.05, 0.1) is 4.47 Å². The van der Waals surface area contributed by atoms with Crippen LogP contribution in [0.2, 0.25) is 18.1 Å². The molecule has 0 aliphatic heterocycles. The largest absolute Gasteiger partial charge is 0.482 e. The number of hydrogen-bond donors (Lipinski definition) is 0. The highest BCUT2D eigenvalue weighted by Crippen LogP contribution is 2.44. The van der Waals surface area contributed by atoms with Crippen molar-refractivity contribution in [3.05, 3.63) is 68.6 Å². The van der Waals surface area contributed by atoms with Crippen molar-refractivity contribution in [2.45, 2.75) is 51.1 Å². The lowest BCUT2D eigenvalue weighted by Gasteiger charge is -2.42. The summed E-state index contributed by atoms with van der Waals surface area (Å²) in [5.74, 6) is 0.830. The Balaban J connectivity index is 1.99. The number of rotatable bonds is 4. The zero-order valence-electron chi connectivity index (χ0n) is 16.4. The third kappa shape index (κ3) is 4.58. The van der Waals surface area contributed by atoms with E-state index in [2.05, 4.69) is 96.1 Å². The Bertz CT molecular complexity index is 856. The molecule has 0 saturated carbocycles. The normalized spacial score (nSPS) is 19.7. The molecule has 0 spiro atoms. The predicted octanol–water partition coefficient (Wildman–Crippen LogP) is 7.75. The van der Waals surface area contributed by atoms with Crippen LogP contribution >= 0.6 is 31.9 Å². The van der Waals surface area contributed by atoms with E-state index in [1.54, 1.807) is 0 Å². The van der Waals surface area contributed by atoms with E-state index in [1.807, 2.05) is 24.3 Å². The first-order valence-electron chi connectivity index (χ1n) is 9.15. The summed E-state index contributed by atoms with van der Waals surface area (Å²) in [5, 5.41) is 0.127. The van der Waals surface area contributed by atoms with E-state index in [-0.39, 0.29) is 17.2 Å². The van der Waals surface area contributed by atoms with Gasteiger partial charge in [0, 0.05) is 4.47 Å². The second kappa shape index (κ2) is 7.86. The fourth-order valence-electron chi connectivity index (χ4n) is 2.84. The van der Waals surface area contributed by atoms with Crippen molar-refractivity contribution in [3.63, 3.8) is 0 Å². The van der Waals surface area contributed by atoms with Crippen LogP contribution in [0.1, 0.15) is 38.0 Å². The van der Waals surface area contributed by atoms with Gasteiger partial charge in [-0.1, -0.05) is 61.0 Å². The quantitative estimate of drug-likeness (QED) is 0.392. The van der Waals surface area contributed by atoms with E-state index < -0.39 is 8.32 Å². The zero-order valence-corrected chi connectivity index (χ0v) is 20.6. The van der Waals surface area contributed by atoms with E-state index in [9.17, 15) is 0 Å². The minimum absolute atomic E-state index is 0.127. The third-order valence-electron chi connectivity index (χ3n) is 5.45. The van der Waals surface area contributed by atoms with Gasteiger partial charge in [-0.15, -0.1) is 0 Å². The summed E-state index contributed by atoms with van der Waals surface area (Å²) in [7, 11) is -1.98. The number of benzene rings is 2. The maximum Gasteiger partial charge on any atom is 0.193 e. The molecule has 0 aromatic heterocycles. The summed E-state index contributed by atoms with van der Waals surface area (Å²) in [4.78, 5) is 0. The molecule has 3 rings (SSSR count). The van der Waals surface area contributed by atoms with Gasteiger partial charge in [-0.25, -0.2) is 0 Å². The van der Waals surface area contributed by atoms with Crippen molar-refractivity contribution in [1.82, 2.24) is 0 Å². The first-order chi connectivity index (χ1) is 12.6. The molecule has 0 fully saturated rings. The first-order valence-corrected chi connectivity index (χ1v) is 13.6. The molecule has 5 heteroatoms. The van der Waals surface area contributed by atoms with Crippen LogP contribution < -0.4 is 4.74 Å². The van der Waals surface area contributed by atoms with E-state index in [0.29, 0.717) is 0 Å². The molecule has 0 N–H and O–H groups in total.